The molecule has 114 valence electrons. The second kappa shape index (κ2) is 7.45. The van der Waals surface area contributed by atoms with Crippen LogP contribution in [0.2, 0.25) is 25.7 Å². The average molecular weight is 291 g/mol. The Balaban J connectivity index is 2.91. The van der Waals surface area contributed by atoms with Crippen LogP contribution in [0.4, 0.5) is 0 Å². The summed E-state index contributed by atoms with van der Waals surface area (Å²) in [6, 6.07) is 12.6. The topological polar surface area (TPSA) is 0 Å². The Kier molecular flexibility index (Phi) is 6.51. The second-order valence-electron chi connectivity index (χ2n) is 8.19. The van der Waals surface area contributed by atoms with E-state index in [1.165, 1.54) is 31.7 Å². The quantitative estimate of drug-likeness (QED) is 0.368. The van der Waals surface area contributed by atoms with Crippen LogP contribution >= 0.6 is 0 Å². The van der Waals surface area contributed by atoms with Crippen LogP contribution in [-0.4, -0.2) is 8.07 Å². The highest BCUT2D eigenvalue weighted by Gasteiger charge is 2.34. The van der Waals surface area contributed by atoms with Crippen LogP contribution < -0.4 is 0 Å². The minimum Gasteiger partial charge on any atom is -0.0695 e. The Hall–Kier alpha value is -0.563. The molecule has 0 bridgehead atoms. The van der Waals surface area contributed by atoms with Crippen molar-refractivity contribution in [2.24, 2.45) is 5.41 Å². The molecule has 20 heavy (non-hydrogen) atoms. The van der Waals surface area contributed by atoms with E-state index in [4.69, 9.17) is 0 Å². The van der Waals surface area contributed by atoms with Gasteiger partial charge in [0.25, 0.3) is 0 Å². The van der Waals surface area contributed by atoms with Crippen molar-refractivity contribution >= 4 is 8.07 Å². The molecule has 0 saturated carbocycles. The first-order valence-electron chi connectivity index (χ1n) is 8.31. The molecular formula is C19H34Si. The van der Waals surface area contributed by atoms with Crippen molar-refractivity contribution in [3.63, 3.8) is 0 Å². The van der Waals surface area contributed by atoms with E-state index in [2.05, 4.69) is 70.7 Å². The van der Waals surface area contributed by atoms with Crippen molar-refractivity contribution in [3.8, 4) is 0 Å². The van der Waals surface area contributed by atoms with E-state index < -0.39 is 8.07 Å². The molecule has 0 nitrogen and oxygen atoms in total. The highest BCUT2D eigenvalue weighted by atomic mass is 28.3. The Labute approximate surface area is 128 Å². The molecule has 1 aromatic rings. The summed E-state index contributed by atoms with van der Waals surface area (Å²) in [5, 5.41) is 0. The Bertz CT molecular complexity index is 373. The van der Waals surface area contributed by atoms with E-state index in [0.29, 0.717) is 11.3 Å². The average Bonchev–Trinajstić information content (AvgIpc) is 2.32. The van der Waals surface area contributed by atoms with Gasteiger partial charge in [-0.1, -0.05) is 96.1 Å². The zero-order chi connectivity index (χ0) is 15.2. The SMILES string of the molecule is CCCCCC(c1ccccc1)C(C)(C)C[Si](C)(C)C. The maximum Gasteiger partial charge on any atom is 0.0448 e. The maximum atomic E-state index is 2.50. The number of rotatable bonds is 8. The summed E-state index contributed by atoms with van der Waals surface area (Å²) in [7, 11) is -1.04. The van der Waals surface area contributed by atoms with E-state index in [1.807, 2.05) is 0 Å². The summed E-state index contributed by atoms with van der Waals surface area (Å²) >= 11 is 0. The van der Waals surface area contributed by atoms with Gasteiger partial charge >= 0.3 is 0 Å². The fraction of sp³-hybridized carbons (Fsp3) is 0.684. The lowest BCUT2D eigenvalue weighted by Gasteiger charge is -2.39. The Morgan fingerprint density at radius 2 is 1.60 bits per heavy atom. The molecule has 0 aliphatic carbocycles. The molecule has 0 spiro atoms. The van der Waals surface area contributed by atoms with Crippen molar-refractivity contribution in [1.82, 2.24) is 0 Å². The van der Waals surface area contributed by atoms with Crippen molar-refractivity contribution in [3.05, 3.63) is 35.9 Å². The molecule has 0 aromatic heterocycles. The largest absolute Gasteiger partial charge is 0.0695 e. The minimum absolute atomic E-state index is 0.416. The van der Waals surface area contributed by atoms with Gasteiger partial charge in [0.15, 0.2) is 0 Å². The Morgan fingerprint density at radius 1 is 1.00 bits per heavy atom. The highest BCUT2D eigenvalue weighted by molar-refractivity contribution is 6.76. The molecule has 0 aliphatic heterocycles. The number of hydrogen-bond donors (Lipinski definition) is 0. The van der Waals surface area contributed by atoms with Gasteiger partial charge in [0.1, 0.15) is 0 Å². The van der Waals surface area contributed by atoms with Crippen molar-refractivity contribution in [2.45, 2.75) is 78.1 Å². The van der Waals surface area contributed by atoms with E-state index in [1.54, 1.807) is 5.56 Å². The summed E-state index contributed by atoms with van der Waals surface area (Å²) < 4.78 is 0. The lowest BCUT2D eigenvalue weighted by molar-refractivity contribution is 0.294. The van der Waals surface area contributed by atoms with Gasteiger partial charge in [-0.2, -0.15) is 0 Å². The summed E-state index contributed by atoms with van der Waals surface area (Å²) in [6.07, 6.45) is 5.39. The van der Waals surface area contributed by atoms with Gasteiger partial charge in [-0.25, -0.2) is 0 Å². The third kappa shape index (κ3) is 5.83. The van der Waals surface area contributed by atoms with Gasteiger partial charge in [-0.3, -0.25) is 0 Å². The standard InChI is InChI=1S/C19H34Si/c1-7-8-10-15-18(17-13-11-9-12-14-17)19(2,3)16-20(4,5)6/h9,11-14,18H,7-8,10,15-16H2,1-6H3. The maximum absolute atomic E-state index is 2.50. The fourth-order valence-corrected chi connectivity index (χ4v) is 6.76. The first-order chi connectivity index (χ1) is 9.26. The Morgan fingerprint density at radius 3 is 2.10 bits per heavy atom. The summed E-state index contributed by atoms with van der Waals surface area (Å²) in [5.74, 6) is 0.710. The van der Waals surface area contributed by atoms with Gasteiger partial charge in [-0.05, 0) is 23.3 Å². The number of hydrogen-bond acceptors (Lipinski definition) is 0. The number of unbranched alkanes of at least 4 members (excludes halogenated alkanes) is 2. The van der Waals surface area contributed by atoms with Crippen molar-refractivity contribution in [1.29, 1.82) is 0 Å². The first-order valence-corrected chi connectivity index (χ1v) is 12.0. The predicted octanol–water partition coefficient (Wildman–Crippen LogP) is 6.71. The molecule has 0 N–H and O–H groups in total. The first kappa shape index (κ1) is 17.5. The van der Waals surface area contributed by atoms with Crippen LogP contribution in [-0.2, 0) is 0 Å². The molecule has 0 radical (unpaired) electrons. The van der Waals surface area contributed by atoms with Crippen LogP contribution in [0.3, 0.4) is 0 Å². The van der Waals surface area contributed by atoms with Crippen LogP contribution in [0.1, 0.15) is 57.9 Å². The zero-order valence-corrected chi connectivity index (χ0v) is 15.5. The van der Waals surface area contributed by atoms with E-state index in [9.17, 15) is 0 Å². The lowest BCUT2D eigenvalue weighted by Crippen LogP contribution is -2.33. The molecule has 0 saturated heterocycles. The molecule has 1 rings (SSSR count). The third-order valence-corrected chi connectivity index (χ3v) is 6.20. The summed E-state index contributed by atoms with van der Waals surface area (Å²) in [4.78, 5) is 0. The van der Waals surface area contributed by atoms with Gasteiger partial charge in [0, 0.05) is 8.07 Å². The van der Waals surface area contributed by atoms with Crippen molar-refractivity contribution in [2.75, 3.05) is 0 Å². The van der Waals surface area contributed by atoms with Crippen LogP contribution in [0.15, 0.2) is 30.3 Å². The molecule has 0 fully saturated rings. The van der Waals surface area contributed by atoms with E-state index in [-0.39, 0.29) is 0 Å². The molecule has 0 aliphatic rings. The monoisotopic (exact) mass is 290 g/mol. The normalized spacial score (nSPS) is 14.3. The lowest BCUT2D eigenvalue weighted by atomic mass is 9.73. The van der Waals surface area contributed by atoms with E-state index >= 15 is 0 Å². The smallest absolute Gasteiger partial charge is 0.0448 e. The molecular weight excluding hydrogens is 256 g/mol. The van der Waals surface area contributed by atoms with Gasteiger partial charge in [0.05, 0.1) is 0 Å². The second-order valence-corrected chi connectivity index (χ2v) is 13.7. The summed E-state index contributed by atoms with van der Waals surface area (Å²) in [5.41, 5.74) is 1.96. The number of benzene rings is 1. The van der Waals surface area contributed by atoms with Gasteiger partial charge in [0.2, 0.25) is 0 Å². The molecule has 1 heteroatoms. The predicted molar refractivity (Wildman–Crippen MR) is 95.3 cm³/mol. The fourth-order valence-electron chi connectivity index (χ4n) is 3.78. The van der Waals surface area contributed by atoms with Crippen LogP contribution in [0.25, 0.3) is 0 Å². The third-order valence-electron chi connectivity index (χ3n) is 4.23. The molecule has 1 atom stereocenters. The molecule has 0 heterocycles. The van der Waals surface area contributed by atoms with Crippen LogP contribution in [0.5, 0.6) is 0 Å². The van der Waals surface area contributed by atoms with Gasteiger partial charge in [-0.15, -0.1) is 0 Å². The molecule has 1 unspecified atom stereocenters. The minimum atomic E-state index is -1.04. The molecule has 0 amide bonds. The molecule has 1 aromatic carbocycles. The van der Waals surface area contributed by atoms with E-state index in [0.717, 1.165) is 0 Å². The zero-order valence-electron chi connectivity index (χ0n) is 14.5. The van der Waals surface area contributed by atoms with Crippen LogP contribution in [0, 0.1) is 5.41 Å². The van der Waals surface area contributed by atoms with Gasteiger partial charge < -0.3 is 0 Å². The summed E-state index contributed by atoms with van der Waals surface area (Å²) in [6.45, 7) is 14.8. The highest BCUT2D eigenvalue weighted by Crippen LogP contribution is 2.44. The van der Waals surface area contributed by atoms with Crippen molar-refractivity contribution < 1.29 is 0 Å².